The Morgan fingerprint density at radius 2 is 2.44 bits per heavy atom. The summed E-state index contributed by atoms with van der Waals surface area (Å²) < 4.78 is 0. The molecular formula is C14H22N2OS. The lowest BCUT2D eigenvalue weighted by Gasteiger charge is -2.34. The molecule has 1 unspecified atom stereocenters. The van der Waals surface area contributed by atoms with Crippen LogP contribution in [0.1, 0.15) is 37.5 Å². The summed E-state index contributed by atoms with van der Waals surface area (Å²) in [5, 5.41) is 5.05. The van der Waals surface area contributed by atoms with E-state index >= 15 is 0 Å². The molecule has 1 aromatic rings. The maximum atomic E-state index is 11.9. The predicted octanol–water partition coefficient (Wildman–Crippen LogP) is 2.63. The van der Waals surface area contributed by atoms with E-state index in [1.807, 2.05) is 11.4 Å². The van der Waals surface area contributed by atoms with Crippen molar-refractivity contribution in [1.82, 2.24) is 10.2 Å². The second-order valence-electron chi connectivity index (χ2n) is 4.88. The molecule has 1 aromatic heterocycles. The van der Waals surface area contributed by atoms with Crippen molar-refractivity contribution in [3.05, 3.63) is 22.4 Å². The summed E-state index contributed by atoms with van der Waals surface area (Å²) in [6.07, 6.45) is 4.94. The molecule has 1 atom stereocenters. The number of hydrogen-bond acceptors (Lipinski definition) is 3. The highest BCUT2D eigenvalue weighted by atomic mass is 32.1. The van der Waals surface area contributed by atoms with Gasteiger partial charge in [0.25, 0.3) is 0 Å². The molecule has 1 aliphatic heterocycles. The molecular weight excluding hydrogens is 244 g/mol. The molecule has 100 valence electrons. The number of carbonyl (C=O) groups is 1. The van der Waals surface area contributed by atoms with E-state index in [9.17, 15) is 4.79 Å². The predicted molar refractivity (Wildman–Crippen MR) is 75.7 cm³/mol. The van der Waals surface area contributed by atoms with Crippen LogP contribution in [0.4, 0.5) is 0 Å². The molecule has 0 radical (unpaired) electrons. The Morgan fingerprint density at radius 1 is 1.56 bits per heavy atom. The third-order valence-electron chi connectivity index (χ3n) is 3.61. The first-order chi connectivity index (χ1) is 8.79. The summed E-state index contributed by atoms with van der Waals surface area (Å²) in [7, 11) is 0. The molecule has 2 rings (SSSR count). The summed E-state index contributed by atoms with van der Waals surface area (Å²) >= 11 is 1.69. The second kappa shape index (κ2) is 6.90. The van der Waals surface area contributed by atoms with Crippen LogP contribution in [0.15, 0.2) is 17.5 Å². The van der Waals surface area contributed by atoms with Crippen LogP contribution >= 0.6 is 11.3 Å². The van der Waals surface area contributed by atoms with E-state index in [1.165, 1.54) is 24.1 Å². The number of hydrogen-bond donors (Lipinski definition) is 1. The first-order valence-corrected chi connectivity index (χ1v) is 7.70. The van der Waals surface area contributed by atoms with Crippen LogP contribution in [-0.2, 0) is 11.3 Å². The first-order valence-electron chi connectivity index (χ1n) is 6.82. The van der Waals surface area contributed by atoms with Gasteiger partial charge in [0.2, 0.25) is 5.91 Å². The molecule has 1 amide bonds. The molecule has 0 aromatic carbocycles. The first kappa shape index (κ1) is 13.6. The number of likely N-dealkylation sites (tertiary alicyclic amines) is 1. The number of piperidine rings is 1. The molecule has 18 heavy (non-hydrogen) atoms. The van der Waals surface area contributed by atoms with E-state index in [2.05, 4.69) is 23.2 Å². The monoisotopic (exact) mass is 266 g/mol. The lowest BCUT2D eigenvalue weighted by molar-refractivity contribution is -0.123. The minimum Gasteiger partial charge on any atom is -0.350 e. The van der Waals surface area contributed by atoms with Crippen LogP contribution in [-0.4, -0.2) is 29.9 Å². The third-order valence-corrected chi connectivity index (χ3v) is 4.48. The van der Waals surface area contributed by atoms with Crippen molar-refractivity contribution in [2.75, 3.05) is 13.1 Å². The van der Waals surface area contributed by atoms with E-state index < -0.39 is 0 Å². The Hall–Kier alpha value is -0.870. The molecule has 4 heteroatoms. The zero-order chi connectivity index (χ0) is 12.8. The van der Waals surface area contributed by atoms with Gasteiger partial charge >= 0.3 is 0 Å². The summed E-state index contributed by atoms with van der Waals surface area (Å²) in [6.45, 7) is 4.52. The Morgan fingerprint density at radius 3 is 3.17 bits per heavy atom. The van der Waals surface area contributed by atoms with Crippen molar-refractivity contribution in [2.45, 2.75) is 45.2 Å². The van der Waals surface area contributed by atoms with Gasteiger partial charge in [-0.25, -0.2) is 0 Å². The number of amides is 1. The van der Waals surface area contributed by atoms with Crippen molar-refractivity contribution in [1.29, 1.82) is 0 Å². The number of rotatable bonds is 5. The number of nitrogens with zero attached hydrogens (tertiary/aromatic N) is 1. The molecule has 0 saturated carbocycles. The van der Waals surface area contributed by atoms with Gasteiger partial charge in [-0.05, 0) is 37.3 Å². The van der Waals surface area contributed by atoms with Crippen LogP contribution in [0.5, 0.6) is 0 Å². The lowest BCUT2D eigenvalue weighted by atomic mass is 10.0. The summed E-state index contributed by atoms with van der Waals surface area (Å²) in [4.78, 5) is 15.5. The largest absolute Gasteiger partial charge is 0.350 e. The maximum Gasteiger partial charge on any atom is 0.234 e. The molecule has 2 heterocycles. The fraction of sp³-hybridized carbons (Fsp3) is 0.643. The van der Waals surface area contributed by atoms with Gasteiger partial charge in [0, 0.05) is 10.9 Å². The van der Waals surface area contributed by atoms with Crippen molar-refractivity contribution in [3.8, 4) is 0 Å². The van der Waals surface area contributed by atoms with Gasteiger partial charge in [-0.2, -0.15) is 0 Å². The topological polar surface area (TPSA) is 32.3 Å². The molecule has 3 nitrogen and oxygen atoms in total. The normalized spacial score (nSPS) is 20.8. The Balaban J connectivity index is 1.75. The minimum absolute atomic E-state index is 0.156. The second-order valence-corrected chi connectivity index (χ2v) is 5.92. The summed E-state index contributed by atoms with van der Waals surface area (Å²) in [6, 6.07) is 4.68. The van der Waals surface area contributed by atoms with E-state index in [1.54, 1.807) is 11.3 Å². The Kier molecular flexibility index (Phi) is 5.20. The SMILES string of the molecule is CCC1CCCCN1CC(=O)NCc1cccs1. The van der Waals surface area contributed by atoms with Gasteiger partial charge in [0.05, 0.1) is 13.1 Å². The molecule has 1 aliphatic rings. The zero-order valence-corrected chi connectivity index (χ0v) is 11.8. The van der Waals surface area contributed by atoms with Crippen LogP contribution in [0, 0.1) is 0 Å². The van der Waals surface area contributed by atoms with Crippen LogP contribution < -0.4 is 5.32 Å². The van der Waals surface area contributed by atoms with Gasteiger partial charge in [0.1, 0.15) is 0 Å². The molecule has 1 saturated heterocycles. The minimum atomic E-state index is 0.156. The Bertz CT molecular complexity index is 364. The van der Waals surface area contributed by atoms with Gasteiger partial charge in [-0.15, -0.1) is 11.3 Å². The Labute approximate surface area is 113 Å². The highest BCUT2D eigenvalue weighted by Crippen LogP contribution is 2.18. The summed E-state index contributed by atoms with van der Waals surface area (Å²) in [5.74, 6) is 0.156. The van der Waals surface area contributed by atoms with Crippen molar-refractivity contribution in [3.63, 3.8) is 0 Å². The lowest BCUT2D eigenvalue weighted by Crippen LogP contribution is -2.45. The van der Waals surface area contributed by atoms with Gasteiger partial charge in [-0.1, -0.05) is 19.4 Å². The molecule has 1 N–H and O–H groups in total. The molecule has 0 aliphatic carbocycles. The molecule has 0 spiro atoms. The van der Waals surface area contributed by atoms with Crippen LogP contribution in [0.25, 0.3) is 0 Å². The standard InChI is InChI=1S/C14H22N2OS/c1-2-12-6-3-4-8-16(12)11-14(17)15-10-13-7-5-9-18-13/h5,7,9,12H,2-4,6,8,10-11H2,1H3,(H,15,17). The number of thiophene rings is 1. The highest BCUT2D eigenvalue weighted by molar-refractivity contribution is 7.09. The number of nitrogens with one attached hydrogen (secondary N) is 1. The highest BCUT2D eigenvalue weighted by Gasteiger charge is 2.22. The smallest absolute Gasteiger partial charge is 0.234 e. The fourth-order valence-electron chi connectivity index (χ4n) is 2.57. The van der Waals surface area contributed by atoms with E-state index in [4.69, 9.17) is 0 Å². The third kappa shape index (κ3) is 3.82. The molecule has 0 bridgehead atoms. The zero-order valence-electron chi connectivity index (χ0n) is 11.0. The van der Waals surface area contributed by atoms with Crippen molar-refractivity contribution in [2.24, 2.45) is 0 Å². The van der Waals surface area contributed by atoms with Crippen LogP contribution in [0.3, 0.4) is 0 Å². The van der Waals surface area contributed by atoms with Crippen LogP contribution in [0.2, 0.25) is 0 Å². The summed E-state index contributed by atoms with van der Waals surface area (Å²) in [5.41, 5.74) is 0. The fourth-order valence-corrected chi connectivity index (χ4v) is 3.21. The van der Waals surface area contributed by atoms with Gasteiger partial charge < -0.3 is 5.32 Å². The van der Waals surface area contributed by atoms with E-state index in [0.717, 1.165) is 13.0 Å². The quantitative estimate of drug-likeness (QED) is 0.888. The number of carbonyl (C=O) groups excluding carboxylic acids is 1. The van der Waals surface area contributed by atoms with E-state index in [-0.39, 0.29) is 5.91 Å². The average Bonchev–Trinajstić information content (AvgIpc) is 2.90. The van der Waals surface area contributed by atoms with Crippen molar-refractivity contribution < 1.29 is 4.79 Å². The van der Waals surface area contributed by atoms with Crippen molar-refractivity contribution >= 4 is 17.2 Å². The van der Waals surface area contributed by atoms with Gasteiger partial charge in [0.15, 0.2) is 0 Å². The molecule has 1 fully saturated rings. The average molecular weight is 266 g/mol. The maximum absolute atomic E-state index is 11.9. The van der Waals surface area contributed by atoms with Gasteiger partial charge in [-0.3, -0.25) is 9.69 Å². The van der Waals surface area contributed by atoms with E-state index in [0.29, 0.717) is 19.1 Å².